The molecule has 2 aromatic rings. The third kappa shape index (κ3) is 2.83. The number of benzene rings is 1. The first-order chi connectivity index (χ1) is 8.70. The van der Waals surface area contributed by atoms with Crippen LogP contribution in [-0.2, 0) is 7.05 Å². The lowest BCUT2D eigenvalue weighted by atomic mass is 10.2. The third-order valence-corrected chi connectivity index (χ3v) is 2.83. The van der Waals surface area contributed by atoms with Gasteiger partial charge in [0.05, 0.1) is 18.3 Å². The second-order valence-electron chi connectivity index (χ2n) is 4.21. The zero-order valence-electron chi connectivity index (χ0n) is 11.1. The highest BCUT2D eigenvalue weighted by atomic mass is 16.5. The van der Waals surface area contributed by atoms with Crippen LogP contribution in [0.25, 0.3) is 0 Å². The Morgan fingerprint density at radius 3 is 2.89 bits per heavy atom. The molecule has 1 atom stereocenters. The highest BCUT2D eigenvalue weighted by Gasteiger charge is 2.09. The molecule has 0 spiro atoms. The lowest BCUT2D eigenvalue weighted by Crippen LogP contribution is -2.11. The van der Waals surface area contributed by atoms with Crippen molar-refractivity contribution in [1.29, 1.82) is 0 Å². The molecular weight excluding hydrogens is 226 g/mol. The second kappa shape index (κ2) is 5.58. The molecule has 0 radical (unpaired) electrons. The van der Waals surface area contributed by atoms with Crippen LogP contribution in [0.1, 0.15) is 25.6 Å². The molecule has 0 bridgehead atoms. The lowest BCUT2D eigenvalue weighted by molar-refractivity contribution is 0.340. The smallest absolute Gasteiger partial charge is 0.121 e. The minimum atomic E-state index is 0.203. The van der Waals surface area contributed by atoms with Gasteiger partial charge in [-0.25, -0.2) is 0 Å². The molecule has 18 heavy (non-hydrogen) atoms. The Balaban J connectivity index is 2.09. The SMILES string of the molecule is CCOc1cccc(NC(C)c2ccnn2C)c1. The summed E-state index contributed by atoms with van der Waals surface area (Å²) in [5, 5.41) is 7.62. The maximum absolute atomic E-state index is 5.48. The van der Waals surface area contributed by atoms with Crippen LogP contribution in [0.5, 0.6) is 5.75 Å². The number of aromatic nitrogens is 2. The Kier molecular flexibility index (Phi) is 3.87. The van der Waals surface area contributed by atoms with Gasteiger partial charge in [0.2, 0.25) is 0 Å². The Morgan fingerprint density at radius 2 is 2.22 bits per heavy atom. The van der Waals surface area contributed by atoms with Gasteiger partial charge in [0.25, 0.3) is 0 Å². The van der Waals surface area contributed by atoms with E-state index in [9.17, 15) is 0 Å². The summed E-state index contributed by atoms with van der Waals surface area (Å²) in [6, 6.07) is 10.2. The summed E-state index contributed by atoms with van der Waals surface area (Å²) >= 11 is 0. The zero-order chi connectivity index (χ0) is 13.0. The van der Waals surface area contributed by atoms with Gasteiger partial charge in [0.15, 0.2) is 0 Å². The van der Waals surface area contributed by atoms with E-state index in [0.29, 0.717) is 6.61 Å². The number of nitrogens with zero attached hydrogens (tertiary/aromatic N) is 2. The van der Waals surface area contributed by atoms with E-state index in [4.69, 9.17) is 4.74 Å². The summed E-state index contributed by atoms with van der Waals surface area (Å²) in [6.45, 7) is 4.78. The van der Waals surface area contributed by atoms with E-state index in [1.807, 2.05) is 55.2 Å². The molecule has 1 unspecified atom stereocenters. The molecule has 1 heterocycles. The molecule has 0 saturated heterocycles. The highest BCUT2D eigenvalue weighted by Crippen LogP contribution is 2.22. The van der Waals surface area contributed by atoms with Gasteiger partial charge in [-0.3, -0.25) is 4.68 Å². The number of ether oxygens (including phenoxy) is 1. The average Bonchev–Trinajstić information content (AvgIpc) is 2.76. The molecule has 1 aromatic heterocycles. The Morgan fingerprint density at radius 1 is 1.39 bits per heavy atom. The van der Waals surface area contributed by atoms with Gasteiger partial charge in [0, 0.05) is 25.0 Å². The fraction of sp³-hybridized carbons (Fsp3) is 0.357. The number of hydrogen-bond acceptors (Lipinski definition) is 3. The van der Waals surface area contributed by atoms with Crippen LogP contribution in [0.3, 0.4) is 0 Å². The van der Waals surface area contributed by atoms with E-state index in [2.05, 4.69) is 17.3 Å². The number of aryl methyl sites for hydroxylation is 1. The van der Waals surface area contributed by atoms with Crippen molar-refractivity contribution in [3.8, 4) is 5.75 Å². The van der Waals surface area contributed by atoms with Crippen LogP contribution >= 0.6 is 0 Å². The van der Waals surface area contributed by atoms with Gasteiger partial charge in [-0.2, -0.15) is 5.10 Å². The van der Waals surface area contributed by atoms with Gasteiger partial charge in [-0.1, -0.05) is 6.07 Å². The van der Waals surface area contributed by atoms with Gasteiger partial charge in [-0.15, -0.1) is 0 Å². The number of rotatable bonds is 5. The predicted octanol–water partition coefficient (Wildman–Crippen LogP) is 2.99. The quantitative estimate of drug-likeness (QED) is 0.880. The molecule has 1 aromatic carbocycles. The fourth-order valence-corrected chi connectivity index (χ4v) is 1.98. The van der Waals surface area contributed by atoms with Crippen molar-refractivity contribution in [3.63, 3.8) is 0 Å². The van der Waals surface area contributed by atoms with Crippen molar-refractivity contribution in [3.05, 3.63) is 42.2 Å². The first-order valence-corrected chi connectivity index (χ1v) is 6.18. The van der Waals surface area contributed by atoms with Crippen molar-refractivity contribution in [2.45, 2.75) is 19.9 Å². The van der Waals surface area contributed by atoms with Crippen molar-refractivity contribution >= 4 is 5.69 Å². The standard InChI is InChI=1S/C14H19N3O/c1-4-18-13-7-5-6-12(10-13)16-11(2)14-8-9-15-17(14)3/h5-11,16H,4H2,1-3H3. The Labute approximate surface area is 108 Å². The monoisotopic (exact) mass is 245 g/mol. The van der Waals surface area contributed by atoms with Crippen molar-refractivity contribution in [2.24, 2.45) is 7.05 Å². The molecule has 0 saturated carbocycles. The molecule has 0 aliphatic heterocycles. The van der Waals surface area contributed by atoms with Crippen molar-refractivity contribution in [1.82, 2.24) is 9.78 Å². The van der Waals surface area contributed by atoms with E-state index in [1.54, 1.807) is 0 Å². The Hall–Kier alpha value is -1.97. The predicted molar refractivity (Wildman–Crippen MR) is 72.9 cm³/mol. The minimum absolute atomic E-state index is 0.203. The van der Waals surface area contributed by atoms with Gasteiger partial charge in [-0.05, 0) is 32.0 Å². The van der Waals surface area contributed by atoms with E-state index in [0.717, 1.165) is 17.1 Å². The van der Waals surface area contributed by atoms with Crippen molar-refractivity contribution in [2.75, 3.05) is 11.9 Å². The van der Waals surface area contributed by atoms with Crippen LogP contribution in [0, 0.1) is 0 Å². The van der Waals surface area contributed by atoms with Gasteiger partial charge in [0.1, 0.15) is 5.75 Å². The molecule has 2 rings (SSSR count). The second-order valence-corrected chi connectivity index (χ2v) is 4.21. The molecule has 0 amide bonds. The van der Waals surface area contributed by atoms with Crippen molar-refractivity contribution < 1.29 is 4.74 Å². The van der Waals surface area contributed by atoms with Crippen LogP contribution < -0.4 is 10.1 Å². The largest absolute Gasteiger partial charge is 0.494 e. The summed E-state index contributed by atoms with van der Waals surface area (Å²) < 4.78 is 7.36. The average molecular weight is 245 g/mol. The molecular formula is C14H19N3O. The number of anilines is 1. The maximum atomic E-state index is 5.48. The summed E-state index contributed by atoms with van der Waals surface area (Å²) in [4.78, 5) is 0. The molecule has 4 nitrogen and oxygen atoms in total. The van der Waals surface area contributed by atoms with E-state index >= 15 is 0 Å². The summed E-state index contributed by atoms with van der Waals surface area (Å²) in [5.74, 6) is 0.889. The van der Waals surface area contributed by atoms with Gasteiger partial charge < -0.3 is 10.1 Å². The Bertz CT molecular complexity index is 507. The fourth-order valence-electron chi connectivity index (χ4n) is 1.98. The molecule has 1 N–H and O–H groups in total. The van der Waals surface area contributed by atoms with Crippen LogP contribution in [-0.4, -0.2) is 16.4 Å². The highest BCUT2D eigenvalue weighted by molar-refractivity contribution is 5.49. The van der Waals surface area contributed by atoms with Crippen LogP contribution in [0.2, 0.25) is 0 Å². The summed E-state index contributed by atoms with van der Waals surface area (Å²) in [6.07, 6.45) is 1.81. The maximum Gasteiger partial charge on any atom is 0.121 e. The molecule has 0 fully saturated rings. The third-order valence-electron chi connectivity index (χ3n) is 2.83. The van der Waals surface area contributed by atoms with Crippen LogP contribution in [0.15, 0.2) is 36.5 Å². The zero-order valence-corrected chi connectivity index (χ0v) is 11.1. The van der Waals surface area contributed by atoms with Crippen LogP contribution in [0.4, 0.5) is 5.69 Å². The summed E-state index contributed by atoms with van der Waals surface area (Å²) in [5.41, 5.74) is 2.20. The summed E-state index contributed by atoms with van der Waals surface area (Å²) in [7, 11) is 1.95. The minimum Gasteiger partial charge on any atom is -0.494 e. The normalized spacial score (nSPS) is 12.2. The van der Waals surface area contributed by atoms with Gasteiger partial charge >= 0.3 is 0 Å². The molecule has 0 aliphatic carbocycles. The first kappa shape index (κ1) is 12.5. The lowest BCUT2D eigenvalue weighted by Gasteiger charge is -2.16. The first-order valence-electron chi connectivity index (χ1n) is 6.18. The van der Waals surface area contributed by atoms with E-state index < -0.39 is 0 Å². The van der Waals surface area contributed by atoms with E-state index in [-0.39, 0.29) is 6.04 Å². The van der Waals surface area contributed by atoms with E-state index in [1.165, 1.54) is 0 Å². The molecule has 4 heteroatoms. The number of hydrogen-bond donors (Lipinski definition) is 1. The molecule has 96 valence electrons. The number of nitrogens with one attached hydrogen (secondary N) is 1. The topological polar surface area (TPSA) is 39.1 Å². The molecule has 0 aliphatic rings.